The zero-order chi connectivity index (χ0) is 10.4. The van der Waals surface area contributed by atoms with Gasteiger partial charge >= 0.3 is 0 Å². The van der Waals surface area contributed by atoms with E-state index < -0.39 is 0 Å². The molecule has 0 spiro atoms. The Balaban J connectivity index is 2.08. The molecule has 0 radical (unpaired) electrons. The van der Waals surface area contributed by atoms with Crippen molar-refractivity contribution in [1.29, 1.82) is 0 Å². The molecule has 0 saturated carbocycles. The molecule has 1 heterocycles. The Bertz CT molecular complexity index is 178. The predicted octanol–water partition coefficient (Wildman–Crippen LogP) is 0.443. The monoisotopic (exact) mass is 201 g/mol. The van der Waals surface area contributed by atoms with Crippen LogP contribution in [0.4, 0.5) is 0 Å². The third-order valence-corrected chi connectivity index (χ3v) is 2.47. The number of carbonyl (C=O) groups excluding carboxylic acids is 1. The van der Waals surface area contributed by atoms with Gasteiger partial charge in [0.05, 0.1) is 6.10 Å². The first-order valence-electron chi connectivity index (χ1n) is 5.31. The number of hydrogen-bond donors (Lipinski definition) is 2. The fourth-order valence-electron chi connectivity index (χ4n) is 1.46. The van der Waals surface area contributed by atoms with E-state index in [0.717, 1.165) is 19.3 Å². The van der Waals surface area contributed by atoms with E-state index in [-0.39, 0.29) is 18.1 Å². The molecule has 1 amide bonds. The van der Waals surface area contributed by atoms with Crippen LogP contribution in [0.1, 0.15) is 32.6 Å². The lowest BCUT2D eigenvalue weighted by atomic mass is 10.2. The molecule has 0 aromatic carbocycles. The molecule has 2 N–H and O–H groups in total. The van der Waals surface area contributed by atoms with Gasteiger partial charge in [0.2, 0.25) is 5.91 Å². The molecular weight excluding hydrogens is 182 g/mol. The minimum Gasteiger partial charge on any atom is -0.393 e. The Morgan fingerprint density at radius 2 is 2.50 bits per heavy atom. The Labute approximate surface area is 84.6 Å². The molecule has 2 unspecified atom stereocenters. The van der Waals surface area contributed by atoms with E-state index in [1.807, 2.05) is 6.92 Å². The zero-order valence-corrected chi connectivity index (χ0v) is 8.66. The number of nitrogens with one attached hydrogen (secondary N) is 1. The summed E-state index contributed by atoms with van der Waals surface area (Å²) in [4.78, 5) is 11.4. The number of ether oxygens (including phenoxy) is 1. The van der Waals surface area contributed by atoms with E-state index in [1.54, 1.807) is 0 Å². The molecule has 4 nitrogen and oxygen atoms in total. The van der Waals surface area contributed by atoms with E-state index >= 15 is 0 Å². The summed E-state index contributed by atoms with van der Waals surface area (Å²) in [5, 5.41) is 12.0. The third-order valence-electron chi connectivity index (χ3n) is 2.47. The quantitative estimate of drug-likeness (QED) is 0.678. The normalized spacial score (nSPS) is 23.4. The largest absolute Gasteiger partial charge is 0.393 e. The van der Waals surface area contributed by atoms with Gasteiger partial charge in [-0.05, 0) is 25.7 Å². The van der Waals surface area contributed by atoms with Crippen molar-refractivity contribution in [1.82, 2.24) is 5.32 Å². The van der Waals surface area contributed by atoms with Crippen LogP contribution in [0.25, 0.3) is 0 Å². The fraction of sp³-hybridized carbons (Fsp3) is 0.900. The topological polar surface area (TPSA) is 58.6 Å². The highest BCUT2D eigenvalue weighted by Crippen LogP contribution is 2.11. The van der Waals surface area contributed by atoms with Gasteiger partial charge in [-0.25, -0.2) is 0 Å². The number of aliphatic hydroxyl groups excluding tert-OH is 1. The summed E-state index contributed by atoms with van der Waals surface area (Å²) in [5.74, 6) is -0.0363. The molecule has 1 fully saturated rings. The van der Waals surface area contributed by atoms with E-state index in [1.165, 1.54) is 0 Å². The highest BCUT2D eigenvalue weighted by molar-refractivity contribution is 5.80. The Hall–Kier alpha value is -0.610. The van der Waals surface area contributed by atoms with Gasteiger partial charge in [-0.15, -0.1) is 0 Å². The minimum absolute atomic E-state index is 0.0363. The molecule has 0 aliphatic carbocycles. The van der Waals surface area contributed by atoms with E-state index in [0.29, 0.717) is 19.6 Å². The second-order valence-electron chi connectivity index (χ2n) is 3.64. The second-order valence-corrected chi connectivity index (χ2v) is 3.64. The van der Waals surface area contributed by atoms with Crippen molar-refractivity contribution >= 4 is 5.91 Å². The Kier molecular flexibility index (Phi) is 4.90. The number of amides is 1. The molecule has 14 heavy (non-hydrogen) atoms. The smallest absolute Gasteiger partial charge is 0.249 e. The van der Waals surface area contributed by atoms with E-state index in [9.17, 15) is 9.90 Å². The van der Waals surface area contributed by atoms with Crippen molar-refractivity contribution in [2.45, 2.75) is 44.8 Å². The minimum atomic E-state index is -0.306. The first-order chi connectivity index (χ1) is 6.74. The van der Waals surface area contributed by atoms with Gasteiger partial charge in [-0.2, -0.15) is 0 Å². The van der Waals surface area contributed by atoms with Gasteiger partial charge < -0.3 is 15.2 Å². The second kappa shape index (κ2) is 5.98. The number of rotatable bonds is 5. The number of hydrogen-bond acceptors (Lipinski definition) is 3. The molecule has 1 aliphatic heterocycles. The van der Waals surface area contributed by atoms with Crippen LogP contribution in [-0.4, -0.2) is 36.4 Å². The summed E-state index contributed by atoms with van der Waals surface area (Å²) >= 11 is 0. The van der Waals surface area contributed by atoms with Crippen molar-refractivity contribution < 1.29 is 14.6 Å². The van der Waals surface area contributed by atoms with Crippen molar-refractivity contribution in [3.05, 3.63) is 0 Å². The van der Waals surface area contributed by atoms with Crippen molar-refractivity contribution in [3.63, 3.8) is 0 Å². The standard InChI is InChI=1S/C10H19NO3/c1-2-8(12)5-6-11-10(13)9-4-3-7-14-9/h8-9,12H,2-7H2,1H3,(H,11,13). The van der Waals surface area contributed by atoms with Crippen LogP contribution in [0.3, 0.4) is 0 Å². The molecule has 0 aromatic heterocycles. The lowest BCUT2D eigenvalue weighted by Gasteiger charge is -2.11. The molecule has 1 aliphatic rings. The summed E-state index contributed by atoms with van der Waals surface area (Å²) < 4.78 is 5.22. The summed E-state index contributed by atoms with van der Waals surface area (Å²) in [6, 6.07) is 0. The summed E-state index contributed by atoms with van der Waals surface area (Å²) in [6.45, 7) is 3.15. The van der Waals surface area contributed by atoms with Gasteiger partial charge in [-0.3, -0.25) is 4.79 Å². The van der Waals surface area contributed by atoms with Crippen molar-refractivity contribution in [2.24, 2.45) is 0 Å². The van der Waals surface area contributed by atoms with Gasteiger partial charge in [0, 0.05) is 13.2 Å². The van der Waals surface area contributed by atoms with Crippen LogP contribution < -0.4 is 5.32 Å². The Morgan fingerprint density at radius 1 is 1.71 bits per heavy atom. The number of aliphatic hydroxyl groups is 1. The average Bonchev–Trinajstić information content (AvgIpc) is 2.70. The number of carbonyl (C=O) groups is 1. The fourth-order valence-corrected chi connectivity index (χ4v) is 1.46. The van der Waals surface area contributed by atoms with Crippen LogP contribution in [0.2, 0.25) is 0 Å². The highest BCUT2D eigenvalue weighted by Gasteiger charge is 2.22. The van der Waals surface area contributed by atoms with Crippen LogP contribution in [0, 0.1) is 0 Å². The van der Waals surface area contributed by atoms with E-state index in [2.05, 4.69) is 5.32 Å². The van der Waals surface area contributed by atoms with Gasteiger partial charge in [0.1, 0.15) is 6.10 Å². The maximum atomic E-state index is 11.4. The maximum Gasteiger partial charge on any atom is 0.249 e. The summed E-state index contributed by atoms with van der Waals surface area (Å²) in [6.07, 6.45) is 2.58. The summed E-state index contributed by atoms with van der Waals surface area (Å²) in [7, 11) is 0. The SMILES string of the molecule is CCC(O)CCNC(=O)C1CCCO1. The van der Waals surface area contributed by atoms with Crippen LogP contribution in [-0.2, 0) is 9.53 Å². The lowest BCUT2D eigenvalue weighted by Crippen LogP contribution is -2.35. The predicted molar refractivity (Wildman–Crippen MR) is 52.9 cm³/mol. The van der Waals surface area contributed by atoms with Crippen LogP contribution >= 0.6 is 0 Å². The maximum absolute atomic E-state index is 11.4. The zero-order valence-electron chi connectivity index (χ0n) is 8.66. The first kappa shape index (κ1) is 11.5. The first-order valence-corrected chi connectivity index (χ1v) is 5.31. The molecular formula is C10H19NO3. The molecule has 82 valence electrons. The molecule has 1 saturated heterocycles. The van der Waals surface area contributed by atoms with Gasteiger partial charge in [0.25, 0.3) is 0 Å². The van der Waals surface area contributed by atoms with Crippen molar-refractivity contribution in [3.8, 4) is 0 Å². The summed E-state index contributed by atoms with van der Waals surface area (Å²) in [5.41, 5.74) is 0. The van der Waals surface area contributed by atoms with Gasteiger partial charge in [0.15, 0.2) is 0 Å². The molecule has 0 bridgehead atoms. The lowest BCUT2D eigenvalue weighted by molar-refractivity contribution is -0.130. The van der Waals surface area contributed by atoms with Crippen LogP contribution in [0.15, 0.2) is 0 Å². The van der Waals surface area contributed by atoms with Gasteiger partial charge in [-0.1, -0.05) is 6.92 Å². The highest BCUT2D eigenvalue weighted by atomic mass is 16.5. The third kappa shape index (κ3) is 3.64. The molecule has 4 heteroatoms. The van der Waals surface area contributed by atoms with E-state index in [4.69, 9.17) is 4.74 Å². The van der Waals surface area contributed by atoms with Crippen LogP contribution in [0.5, 0.6) is 0 Å². The molecule has 2 atom stereocenters. The molecule has 0 aromatic rings. The average molecular weight is 201 g/mol. The molecule has 1 rings (SSSR count). The van der Waals surface area contributed by atoms with Crippen molar-refractivity contribution in [2.75, 3.05) is 13.2 Å². The Morgan fingerprint density at radius 3 is 3.07 bits per heavy atom.